The Hall–Kier alpha value is -1.57. The highest BCUT2D eigenvalue weighted by Gasteiger charge is 2.14. The maximum absolute atomic E-state index is 10.3. The van der Waals surface area contributed by atoms with Crippen LogP contribution in [0.25, 0.3) is 0 Å². The van der Waals surface area contributed by atoms with Gasteiger partial charge in [-0.15, -0.1) is 0 Å². The van der Waals surface area contributed by atoms with Gasteiger partial charge < -0.3 is 5.11 Å². The Balaban J connectivity index is 2.08. The van der Waals surface area contributed by atoms with Gasteiger partial charge in [0, 0.05) is 6.08 Å². The van der Waals surface area contributed by atoms with Crippen molar-refractivity contribution in [3.8, 4) is 0 Å². The van der Waals surface area contributed by atoms with Crippen molar-refractivity contribution in [2.24, 2.45) is 0 Å². The molecular formula is C12H12O2. The van der Waals surface area contributed by atoms with Crippen LogP contribution in [0.4, 0.5) is 0 Å². The van der Waals surface area contributed by atoms with Crippen molar-refractivity contribution in [1.29, 1.82) is 0 Å². The van der Waals surface area contributed by atoms with E-state index in [1.807, 2.05) is 0 Å². The molecule has 0 amide bonds. The van der Waals surface area contributed by atoms with E-state index < -0.39 is 5.97 Å². The highest BCUT2D eigenvalue weighted by molar-refractivity contribution is 5.80. The fourth-order valence-corrected chi connectivity index (χ4v) is 1.85. The van der Waals surface area contributed by atoms with Gasteiger partial charge in [0.2, 0.25) is 0 Å². The molecule has 2 nitrogen and oxygen atoms in total. The highest BCUT2D eigenvalue weighted by atomic mass is 16.4. The Kier molecular flexibility index (Phi) is 2.35. The average molecular weight is 188 g/mol. The maximum atomic E-state index is 10.3. The average Bonchev–Trinajstić information content (AvgIpc) is 2.57. The van der Waals surface area contributed by atoms with E-state index in [2.05, 4.69) is 18.2 Å². The zero-order chi connectivity index (χ0) is 9.97. The van der Waals surface area contributed by atoms with Gasteiger partial charge in [0.25, 0.3) is 0 Å². The van der Waals surface area contributed by atoms with Gasteiger partial charge in [-0.2, -0.15) is 0 Å². The summed E-state index contributed by atoms with van der Waals surface area (Å²) in [6.07, 6.45) is 12.4. The van der Waals surface area contributed by atoms with Crippen LogP contribution < -0.4 is 0 Å². The molecule has 0 aromatic carbocycles. The number of carboxylic acid groups (broad SMARTS) is 1. The lowest BCUT2D eigenvalue weighted by molar-refractivity contribution is -0.131. The second kappa shape index (κ2) is 3.66. The van der Waals surface area contributed by atoms with Crippen LogP contribution in [0, 0.1) is 0 Å². The van der Waals surface area contributed by atoms with Gasteiger partial charge in [-0.1, -0.05) is 29.9 Å². The lowest BCUT2D eigenvalue weighted by atomic mass is 9.99. The molecule has 0 aromatic heterocycles. The number of carboxylic acids is 1. The van der Waals surface area contributed by atoms with Crippen LogP contribution in [-0.4, -0.2) is 11.1 Å². The number of allylic oxidation sites excluding steroid dienone is 7. The van der Waals surface area contributed by atoms with Crippen LogP contribution in [0.3, 0.4) is 0 Å². The molecule has 0 spiro atoms. The zero-order valence-electron chi connectivity index (χ0n) is 7.86. The van der Waals surface area contributed by atoms with E-state index in [1.54, 1.807) is 6.08 Å². The molecule has 0 atom stereocenters. The largest absolute Gasteiger partial charge is 0.478 e. The fraction of sp³-hybridized carbons (Fsp3) is 0.250. The molecule has 0 saturated heterocycles. The molecule has 14 heavy (non-hydrogen) atoms. The zero-order valence-corrected chi connectivity index (χ0v) is 7.86. The number of aliphatic carboxylic acids is 1. The first-order chi connectivity index (χ1) is 6.75. The second-order valence-corrected chi connectivity index (χ2v) is 3.57. The van der Waals surface area contributed by atoms with Crippen molar-refractivity contribution in [1.82, 2.24) is 0 Å². The second-order valence-electron chi connectivity index (χ2n) is 3.57. The fourth-order valence-electron chi connectivity index (χ4n) is 1.85. The summed E-state index contributed by atoms with van der Waals surface area (Å²) < 4.78 is 0. The number of hydrogen-bond donors (Lipinski definition) is 1. The number of hydrogen-bond acceptors (Lipinski definition) is 1. The van der Waals surface area contributed by atoms with Crippen molar-refractivity contribution < 1.29 is 9.90 Å². The summed E-state index contributed by atoms with van der Waals surface area (Å²) in [4.78, 5) is 10.3. The van der Waals surface area contributed by atoms with E-state index in [0.717, 1.165) is 24.8 Å². The summed E-state index contributed by atoms with van der Waals surface area (Å²) in [6.45, 7) is 0. The summed E-state index contributed by atoms with van der Waals surface area (Å²) in [5.41, 5.74) is 3.82. The Morgan fingerprint density at radius 1 is 1.50 bits per heavy atom. The molecule has 2 aliphatic rings. The monoisotopic (exact) mass is 188 g/mol. The van der Waals surface area contributed by atoms with Crippen molar-refractivity contribution in [2.45, 2.75) is 19.3 Å². The summed E-state index contributed by atoms with van der Waals surface area (Å²) >= 11 is 0. The van der Waals surface area contributed by atoms with E-state index in [4.69, 9.17) is 5.11 Å². The molecule has 2 aliphatic carbocycles. The van der Waals surface area contributed by atoms with Crippen molar-refractivity contribution in [3.63, 3.8) is 0 Å². The van der Waals surface area contributed by atoms with Crippen LogP contribution >= 0.6 is 0 Å². The normalized spacial score (nSPS) is 20.1. The summed E-state index contributed by atoms with van der Waals surface area (Å²) in [5, 5.41) is 8.49. The molecule has 0 fully saturated rings. The summed E-state index contributed by atoms with van der Waals surface area (Å²) in [6, 6.07) is 0. The summed E-state index contributed by atoms with van der Waals surface area (Å²) in [7, 11) is 0. The van der Waals surface area contributed by atoms with E-state index in [1.165, 1.54) is 17.2 Å². The quantitative estimate of drug-likeness (QED) is 0.676. The molecule has 2 heteroatoms. The SMILES string of the molecule is O=C(O)/C=C/C1=CC2=C(CCC=C2)C1. The van der Waals surface area contributed by atoms with Gasteiger partial charge in [-0.05, 0) is 30.4 Å². The van der Waals surface area contributed by atoms with Gasteiger partial charge in [0.1, 0.15) is 0 Å². The molecule has 0 unspecified atom stereocenters. The third kappa shape index (κ3) is 1.84. The standard InChI is InChI=1S/C12H12O2/c13-12(14)6-5-9-7-10-3-1-2-4-11(10)8-9/h1,3,5-7H,2,4,8H2,(H,13,14)/b6-5+. The molecule has 0 heterocycles. The van der Waals surface area contributed by atoms with Crippen molar-refractivity contribution in [3.05, 3.63) is 47.1 Å². The maximum Gasteiger partial charge on any atom is 0.328 e. The summed E-state index contributed by atoms with van der Waals surface area (Å²) in [5.74, 6) is -0.883. The predicted octanol–water partition coefficient (Wildman–Crippen LogP) is 2.60. The van der Waals surface area contributed by atoms with Crippen molar-refractivity contribution in [2.75, 3.05) is 0 Å². The van der Waals surface area contributed by atoms with E-state index in [9.17, 15) is 4.79 Å². The molecule has 2 rings (SSSR count). The predicted molar refractivity (Wildman–Crippen MR) is 54.9 cm³/mol. The minimum absolute atomic E-state index is 0.883. The Morgan fingerprint density at radius 3 is 3.07 bits per heavy atom. The van der Waals surface area contributed by atoms with Gasteiger partial charge in [-0.25, -0.2) is 4.79 Å². The molecule has 72 valence electrons. The first-order valence-electron chi connectivity index (χ1n) is 4.76. The molecule has 0 bridgehead atoms. The van der Waals surface area contributed by atoms with E-state index in [0.29, 0.717) is 0 Å². The third-order valence-electron chi connectivity index (χ3n) is 2.52. The molecule has 0 aliphatic heterocycles. The Labute approximate surface area is 82.9 Å². The number of rotatable bonds is 2. The molecular weight excluding hydrogens is 176 g/mol. The van der Waals surface area contributed by atoms with Crippen LogP contribution in [0.2, 0.25) is 0 Å². The smallest absolute Gasteiger partial charge is 0.328 e. The Morgan fingerprint density at radius 2 is 2.36 bits per heavy atom. The third-order valence-corrected chi connectivity index (χ3v) is 2.52. The van der Waals surface area contributed by atoms with Gasteiger partial charge in [0.05, 0.1) is 0 Å². The first-order valence-corrected chi connectivity index (χ1v) is 4.76. The lowest BCUT2D eigenvalue weighted by Gasteiger charge is -2.06. The molecule has 0 radical (unpaired) electrons. The van der Waals surface area contributed by atoms with Crippen molar-refractivity contribution >= 4 is 5.97 Å². The Bertz CT molecular complexity index is 381. The number of carbonyl (C=O) groups is 1. The lowest BCUT2D eigenvalue weighted by Crippen LogP contribution is -1.88. The van der Waals surface area contributed by atoms with Crippen LogP contribution in [0.1, 0.15) is 19.3 Å². The first kappa shape index (κ1) is 9.00. The van der Waals surface area contributed by atoms with Crippen LogP contribution in [0.15, 0.2) is 47.1 Å². The van der Waals surface area contributed by atoms with E-state index in [-0.39, 0.29) is 0 Å². The van der Waals surface area contributed by atoms with Gasteiger partial charge in [0.15, 0.2) is 0 Å². The molecule has 0 saturated carbocycles. The van der Waals surface area contributed by atoms with Gasteiger partial charge >= 0.3 is 5.97 Å². The minimum atomic E-state index is -0.883. The van der Waals surface area contributed by atoms with Crippen LogP contribution in [-0.2, 0) is 4.79 Å². The highest BCUT2D eigenvalue weighted by Crippen LogP contribution is 2.32. The van der Waals surface area contributed by atoms with Gasteiger partial charge in [-0.3, -0.25) is 0 Å². The van der Waals surface area contributed by atoms with E-state index >= 15 is 0 Å². The van der Waals surface area contributed by atoms with Crippen LogP contribution in [0.5, 0.6) is 0 Å². The molecule has 1 N–H and O–H groups in total. The molecule has 0 aromatic rings. The minimum Gasteiger partial charge on any atom is -0.478 e. The topological polar surface area (TPSA) is 37.3 Å².